The normalized spacial score (nSPS) is 13.3. The van der Waals surface area contributed by atoms with E-state index in [-0.39, 0.29) is 24.0 Å². The zero-order chi connectivity index (χ0) is 24.4. The van der Waals surface area contributed by atoms with Crippen molar-refractivity contribution >= 4 is 17.6 Å². The summed E-state index contributed by atoms with van der Waals surface area (Å²) in [6.07, 6.45) is 4.26. The Morgan fingerprint density at radius 3 is 2.69 bits per heavy atom. The van der Waals surface area contributed by atoms with Gasteiger partial charge in [-0.1, -0.05) is 29.8 Å². The van der Waals surface area contributed by atoms with E-state index in [0.717, 1.165) is 19.3 Å². The minimum Gasteiger partial charge on any atom is -0.507 e. The summed E-state index contributed by atoms with van der Waals surface area (Å²) >= 11 is 0. The highest BCUT2D eigenvalue weighted by Gasteiger charge is 2.28. The number of anilines is 1. The molecule has 2 amide bonds. The van der Waals surface area contributed by atoms with Gasteiger partial charge in [0.25, 0.3) is 5.91 Å². The number of carbonyl (C=O) groups is 2. The molecule has 1 aliphatic carbocycles. The first-order valence-corrected chi connectivity index (χ1v) is 11.2. The van der Waals surface area contributed by atoms with Crippen molar-refractivity contribution in [2.75, 3.05) is 5.32 Å². The predicted molar refractivity (Wildman–Crippen MR) is 124 cm³/mol. The summed E-state index contributed by atoms with van der Waals surface area (Å²) in [6.45, 7) is 0.0131. The third-order valence-electron chi connectivity index (χ3n) is 6.03. The summed E-state index contributed by atoms with van der Waals surface area (Å²) in [6, 6.07) is 13.5. The predicted octanol–water partition coefficient (Wildman–Crippen LogP) is 4.66. The fourth-order valence-corrected chi connectivity index (χ4v) is 3.92. The fraction of sp³-hybridized carbons (Fsp3) is 0.200. The number of aromatic nitrogens is 3. The summed E-state index contributed by atoms with van der Waals surface area (Å²) < 4.78 is 20.1. The molecule has 10 heteroatoms. The molecule has 178 valence electrons. The van der Waals surface area contributed by atoms with Crippen LogP contribution in [0.4, 0.5) is 14.9 Å². The van der Waals surface area contributed by atoms with Crippen molar-refractivity contribution in [1.29, 1.82) is 0 Å². The molecule has 2 heterocycles. The Bertz CT molecular complexity index is 1380. The van der Waals surface area contributed by atoms with Gasteiger partial charge < -0.3 is 20.3 Å². The van der Waals surface area contributed by atoms with Gasteiger partial charge in [0.2, 0.25) is 5.76 Å². The summed E-state index contributed by atoms with van der Waals surface area (Å²) in [5.74, 6) is -0.747. The Morgan fingerprint density at radius 2 is 1.97 bits per heavy atom. The molecule has 0 atom stereocenters. The lowest BCUT2D eigenvalue weighted by Crippen LogP contribution is -2.31. The zero-order valence-electron chi connectivity index (χ0n) is 18.6. The smallest absolute Gasteiger partial charge is 0.342 e. The number of hydrogen-bond acceptors (Lipinski definition) is 6. The molecule has 0 radical (unpaired) electrons. The van der Waals surface area contributed by atoms with Crippen LogP contribution in [-0.2, 0) is 6.54 Å². The van der Waals surface area contributed by atoms with Crippen molar-refractivity contribution in [1.82, 2.24) is 20.3 Å². The first kappa shape index (κ1) is 22.3. The average molecular weight is 475 g/mol. The Hall–Kier alpha value is -4.47. The molecular formula is C25H22FN5O4. The van der Waals surface area contributed by atoms with Gasteiger partial charge >= 0.3 is 6.03 Å². The average Bonchev–Trinajstić information content (AvgIpc) is 3.49. The number of benzene rings is 2. The second kappa shape index (κ2) is 9.41. The van der Waals surface area contributed by atoms with E-state index in [0.29, 0.717) is 28.2 Å². The maximum Gasteiger partial charge on any atom is 0.342 e. The molecular weight excluding hydrogens is 453 g/mol. The van der Waals surface area contributed by atoms with E-state index in [1.165, 1.54) is 35.1 Å². The Balaban J connectivity index is 1.41. The van der Waals surface area contributed by atoms with Crippen LogP contribution in [-0.4, -0.2) is 32.0 Å². The molecule has 1 aliphatic rings. The van der Waals surface area contributed by atoms with Gasteiger partial charge in [-0.3, -0.25) is 4.79 Å². The second-order valence-corrected chi connectivity index (χ2v) is 8.31. The Kier molecular flexibility index (Phi) is 6.01. The highest BCUT2D eigenvalue weighted by atomic mass is 19.1. The van der Waals surface area contributed by atoms with Crippen LogP contribution >= 0.6 is 0 Å². The highest BCUT2D eigenvalue weighted by molar-refractivity contribution is 6.02. The first-order valence-electron chi connectivity index (χ1n) is 11.2. The molecule has 2 aromatic heterocycles. The van der Waals surface area contributed by atoms with Crippen LogP contribution in [0.1, 0.15) is 47.0 Å². The van der Waals surface area contributed by atoms with Crippen LogP contribution in [0.25, 0.3) is 11.3 Å². The number of rotatable bonds is 6. The lowest BCUT2D eigenvalue weighted by Gasteiger charge is -2.25. The molecule has 1 saturated carbocycles. The van der Waals surface area contributed by atoms with Crippen molar-refractivity contribution in [2.45, 2.75) is 31.7 Å². The number of phenols is 1. The molecule has 1 fully saturated rings. The summed E-state index contributed by atoms with van der Waals surface area (Å²) in [5.41, 5.74) is 2.21. The van der Waals surface area contributed by atoms with Crippen molar-refractivity contribution in [3.05, 3.63) is 83.6 Å². The van der Waals surface area contributed by atoms with E-state index < -0.39 is 17.8 Å². The maximum atomic E-state index is 14.0. The maximum absolute atomic E-state index is 14.0. The SMILES string of the molecule is O=C(Nc1ccc(O)c(-c2cc(C3CCC3)n(C(=O)NCc3ccccc3F)n2)c1)c1ccno1. The molecule has 0 bridgehead atoms. The standard InChI is InChI=1S/C25H22FN5O4/c26-19-7-2-1-4-16(19)14-27-25(34)31-21(15-5-3-6-15)13-20(30-31)18-12-17(8-9-22(18)32)29-24(33)23-10-11-28-35-23/h1-2,4,7-13,15,32H,3,5-6,14H2,(H,27,34)(H,29,33). The van der Waals surface area contributed by atoms with Crippen LogP contribution < -0.4 is 10.6 Å². The van der Waals surface area contributed by atoms with Crippen LogP contribution in [0, 0.1) is 5.82 Å². The number of nitrogens with one attached hydrogen (secondary N) is 2. The second-order valence-electron chi connectivity index (χ2n) is 8.31. The van der Waals surface area contributed by atoms with Crippen LogP contribution in [0.2, 0.25) is 0 Å². The summed E-state index contributed by atoms with van der Waals surface area (Å²) in [5, 5.41) is 23.9. The third-order valence-corrected chi connectivity index (χ3v) is 6.03. The minimum absolute atomic E-state index is 0.0131. The van der Waals surface area contributed by atoms with E-state index in [4.69, 9.17) is 4.52 Å². The number of phenolic OH excluding ortho intramolecular Hbond substituents is 1. The Morgan fingerprint density at radius 1 is 1.14 bits per heavy atom. The first-order chi connectivity index (χ1) is 17.0. The summed E-state index contributed by atoms with van der Waals surface area (Å²) in [7, 11) is 0. The van der Waals surface area contributed by atoms with Gasteiger partial charge in [0.1, 0.15) is 11.6 Å². The minimum atomic E-state index is -0.493. The largest absolute Gasteiger partial charge is 0.507 e. The lowest BCUT2D eigenvalue weighted by atomic mass is 9.82. The fourth-order valence-electron chi connectivity index (χ4n) is 3.92. The van der Waals surface area contributed by atoms with Gasteiger partial charge in [0, 0.05) is 35.3 Å². The summed E-state index contributed by atoms with van der Waals surface area (Å²) in [4.78, 5) is 25.3. The van der Waals surface area contributed by atoms with Crippen molar-refractivity contribution < 1.29 is 23.6 Å². The number of halogens is 1. The Labute approximate surface area is 199 Å². The van der Waals surface area contributed by atoms with Gasteiger partial charge in [0.05, 0.1) is 17.6 Å². The molecule has 4 aromatic rings. The van der Waals surface area contributed by atoms with E-state index in [9.17, 15) is 19.1 Å². The molecule has 3 N–H and O–H groups in total. The molecule has 2 aromatic carbocycles. The van der Waals surface area contributed by atoms with Crippen LogP contribution in [0.5, 0.6) is 5.75 Å². The van der Waals surface area contributed by atoms with Crippen LogP contribution in [0.15, 0.2) is 65.3 Å². The third kappa shape index (κ3) is 4.63. The number of aromatic hydroxyl groups is 1. The van der Waals surface area contributed by atoms with E-state index in [1.54, 1.807) is 30.3 Å². The molecule has 0 spiro atoms. The molecule has 0 unspecified atom stereocenters. The van der Waals surface area contributed by atoms with Gasteiger partial charge in [0.15, 0.2) is 0 Å². The van der Waals surface area contributed by atoms with Gasteiger partial charge in [-0.2, -0.15) is 9.78 Å². The van der Waals surface area contributed by atoms with Gasteiger partial charge in [-0.15, -0.1) is 0 Å². The monoisotopic (exact) mass is 475 g/mol. The lowest BCUT2D eigenvalue weighted by molar-refractivity contribution is 0.0988. The number of hydrogen-bond donors (Lipinski definition) is 3. The van der Waals surface area contributed by atoms with Crippen LogP contribution in [0.3, 0.4) is 0 Å². The molecule has 5 rings (SSSR count). The van der Waals surface area contributed by atoms with Gasteiger partial charge in [-0.25, -0.2) is 9.18 Å². The van der Waals surface area contributed by atoms with Crippen molar-refractivity contribution in [2.24, 2.45) is 0 Å². The highest BCUT2D eigenvalue weighted by Crippen LogP contribution is 2.39. The molecule has 9 nitrogen and oxygen atoms in total. The van der Waals surface area contributed by atoms with E-state index in [2.05, 4.69) is 20.9 Å². The van der Waals surface area contributed by atoms with Gasteiger partial charge in [-0.05, 0) is 43.2 Å². The van der Waals surface area contributed by atoms with Crippen molar-refractivity contribution in [3.8, 4) is 17.0 Å². The topological polar surface area (TPSA) is 122 Å². The quantitative estimate of drug-likeness (QED) is 0.349. The van der Waals surface area contributed by atoms with E-state index >= 15 is 0 Å². The molecule has 35 heavy (non-hydrogen) atoms. The number of amides is 2. The number of nitrogens with zero attached hydrogens (tertiary/aromatic N) is 3. The number of carbonyl (C=O) groups excluding carboxylic acids is 2. The van der Waals surface area contributed by atoms with E-state index in [1.807, 2.05) is 0 Å². The molecule has 0 saturated heterocycles. The molecule has 0 aliphatic heterocycles. The zero-order valence-corrected chi connectivity index (χ0v) is 18.6. The van der Waals surface area contributed by atoms with Crippen molar-refractivity contribution in [3.63, 3.8) is 0 Å².